The van der Waals surface area contributed by atoms with E-state index in [2.05, 4.69) is 4.40 Å². The maximum absolute atomic E-state index is 13.1. The van der Waals surface area contributed by atoms with Crippen LogP contribution in [0.25, 0.3) is 0 Å². The van der Waals surface area contributed by atoms with Crippen LogP contribution in [0.4, 0.5) is 5.69 Å². The van der Waals surface area contributed by atoms with Crippen molar-refractivity contribution in [1.29, 1.82) is 0 Å². The highest BCUT2D eigenvalue weighted by molar-refractivity contribution is 8.15. The second-order valence-electron chi connectivity index (χ2n) is 7.91. The number of anilines is 1. The SMILES string of the molecule is COc1ccc(C(=O)N2CCN(C(=O)c3ccc4c(c3)SC3=NS(=O)(=O)CCN34)CC2)cc1. The molecule has 2 aromatic rings. The number of amides is 2. The number of carbonyl (C=O) groups excluding carboxylic acids is 2. The second kappa shape index (κ2) is 8.38. The molecular formula is C22H22N4O5S2. The van der Waals surface area contributed by atoms with Crippen LogP contribution in [0.3, 0.4) is 0 Å². The molecule has 2 amide bonds. The summed E-state index contributed by atoms with van der Waals surface area (Å²) in [6, 6.07) is 12.4. The molecule has 5 rings (SSSR count). The molecule has 3 heterocycles. The summed E-state index contributed by atoms with van der Waals surface area (Å²) in [5.74, 6) is 0.510. The van der Waals surface area contributed by atoms with Crippen LogP contribution in [0.15, 0.2) is 51.8 Å². The Morgan fingerprint density at radius 3 is 2.15 bits per heavy atom. The van der Waals surface area contributed by atoms with Gasteiger partial charge >= 0.3 is 0 Å². The molecule has 0 saturated carbocycles. The summed E-state index contributed by atoms with van der Waals surface area (Å²) in [4.78, 5) is 32.1. The summed E-state index contributed by atoms with van der Waals surface area (Å²) >= 11 is 1.27. The first-order valence-electron chi connectivity index (χ1n) is 10.5. The third-order valence-electron chi connectivity index (χ3n) is 5.91. The molecule has 2 aromatic carbocycles. The number of sulfonamides is 1. The van der Waals surface area contributed by atoms with E-state index in [9.17, 15) is 18.0 Å². The molecule has 3 aliphatic heterocycles. The number of benzene rings is 2. The first kappa shape index (κ1) is 21.8. The molecule has 1 saturated heterocycles. The monoisotopic (exact) mass is 486 g/mol. The van der Waals surface area contributed by atoms with Crippen molar-refractivity contribution in [2.75, 3.05) is 50.5 Å². The van der Waals surface area contributed by atoms with Crippen LogP contribution in [0.2, 0.25) is 0 Å². The van der Waals surface area contributed by atoms with Crippen LogP contribution in [0, 0.1) is 0 Å². The van der Waals surface area contributed by atoms with Gasteiger partial charge in [0, 0.05) is 48.7 Å². The topological polar surface area (TPSA) is 99.6 Å². The van der Waals surface area contributed by atoms with Crippen LogP contribution < -0.4 is 9.64 Å². The average Bonchev–Trinajstić information content (AvgIpc) is 3.18. The fourth-order valence-electron chi connectivity index (χ4n) is 4.08. The Bertz CT molecular complexity index is 1250. The maximum Gasteiger partial charge on any atom is 0.257 e. The number of ether oxygens (including phenoxy) is 1. The van der Waals surface area contributed by atoms with Gasteiger partial charge in [-0.05, 0) is 54.2 Å². The lowest BCUT2D eigenvalue weighted by molar-refractivity contribution is 0.0535. The van der Waals surface area contributed by atoms with Crippen molar-refractivity contribution in [2.45, 2.75) is 4.90 Å². The minimum atomic E-state index is -3.42. The average molecular weight is 487 g/mol. The van der Waals surface area contributed by atoms with Gasteiger partial charge in [0.2, 0.25) is 0 Å². The number of nitrogens with zero attached hydrogens (tertiary/aromatic N) is 4. The van der Waals surface area contributed by atoms with Crippen LogP contribution in [0.1, 0.15) is 20.7 Å². The van der Waals surface area contributed by atoms with Gasteiger partial charge in [-0.25, -0.2) is 8.42 Å². The summed E-state index contributed by atoms with van der Waals surface area (Å²) in [7, 11) is -1.84. The maximum atomic E-state index is 13.1. The largest absolute Gasteiger partial charge is 0.497 e. The zero-order valence-electron chi connectivity index (χ0n) is 17.9. The number of thioether (sulfide) groups is 1. The van der Waals surface area contributed by atoms with Gasteiger partial charge in [-0.2, -0.15) is 0 Å². The van der Waals surface area contributed by atoms with Crippen molar-refractivity contribution in [1.82, 2.24) is 9.80 Å². The molecule has 0 radical (unpaired) electrons. The molecule has 172 valence electrons. The molecular weight excluding hydrogens is 464 g/mol. The van der Waals surface area contributed by atoms with Crippen molar-refractivity contribution >= 4 is 44.5 Å². The first-order valence-corrected chi connectivity index (χ1v) is 12.9. The Labute approximate surface area is 196 Å². The molecule has 0 spiro atoms. The normalized spacial score (nSPS) is 18.9. The van der Waals surface area contributed by atoms with Gasteiger partial charge in [0.25, 0.3) is 21.8 Å². The molecule has 11 heteroatoms. The van der Waals surface area contributed by atoms with Crippen molar-refractivity contribution in [3.05, 3.63) is 53.6 Å². The molecule has 0 bridgehead atoms. The number of rotatable bonds is 3. The van der Waals surface area contributed by atoms with Crippen LogP contribution in [-0.2, 0) is 10.0 Å². The van der Waals surface area contributed by atoms with E-state index < -0.39 is 10.0 Å². The van der Waals surface area contributed by atoms with Crippen LogP contribution in [0.5, 0.6) is 5.75 Å². The van der Waals surface area contributed by atoms with Gasteiger partial charge in [0.1, 0.15) is 5.75 Å². The lowest BCUT2D eigenvalue weighted by Crippen LogP contribution is -2.50. The Balaban J connectivity index is 1.24. The van der Waals surface area contributed by atoms with E-state index >= 15 is 0 Å². The van der Waals surface area contributed by atoms with Crippen molar-refractivity contribution in [2.24, 2.45) is 4.40 Å². The summed E-state index contributed by atoms with van der Waals surface area (Å²) < 4.78 is 32.6. The highest BCUT2D eigenvalue weighted by atomic mass is 32.2. The van der Waals surface area contributed by atoms with E-state index in [4.69, 9.17) is 4.74 Å². The Hall–Kier alpha value is -3.05. The Morgan fingerprint density at radius 2 is 1.52 bits per heavy atom. The predicted molar refractivity (Wildman–Crippen MR) is 126 cm³/mol. The standard InChI is InChI=1S/C22H22N4O5S2/c1-31-17-5-2-15(3-6-17)20(27)24-8-10-25(11-9-24)21(28)16-4-7-18-19(14-16)32-22-23-33(29,30)13-12-26(18)22/h2-7,14H,8-13H2,1H3. The van der Waals surface area contributed by atoms with Gasteiger partial charge in [0.15, 0.2) is 5.17 Å². The number of fused-ring (bicyclic) bond motifs is 3. The molecule has 9 nitrogen and oxygen atoms in total. The van der Waals surface area contributed by atoms with Gasteiger partial charge in [0.05, 0.1) is 18.6 Å². The molecule has 0 N–H and O–H groups in total. The summed E-state index contributed by atoms with van der Waals surface area (Å²) in [5.41, 5.74) is 2.01. The van der Waals surface area contributed by atoms with Gasteiger partial charge < -0.3 is 19.4 Å². The number of hydrogen-bond acceptors (Lipinski definition) is 7. The van der Waals surface area contributed by atoms with Crippen LogP contribution in [-0.4, -0.2) is 80.8 Å². The van der Waals surface area contributed by atoms with E-state index in [0.29, 0.717) is 54.8 Å². The minimum absolute atomic E-state index is 0.0172. The third-order valence-corrected chi connectivity index (χ3v) is 8.22. The molecule has 0 aliphatic carbocycles. The summed E-state index contributed by atoms with van der Waals surface area (Å²) in [6.45, 7) is 2.17. The number of methoxy groups -OCH3 is 1. The highest BCUT2D eigenvalue weighted by Crippen LogP contribution is 2.42. The van der Waals surface area contributed by atoms with E-state index in [1.807, 2.05) is 11.0 Å². The zero-order valence-corrected chi connectivity index (χ0v) is 19.6. The van der Waals surface area contributed by atoms with E-state index in [1.54, 1.807) is 53.3 Å². The van der Waals surface area contributed by atoms with E-state index in [-0.39, 0.29) is 17.6 Å². The molecule has 0 atom stereocenters. The van der Waals surface area contributed by atoms with Crippen molar-refractivity contribution < 1.29 is 22.7 Å². The van der Waals surface area contributed by atoms with Gasteiger partial charge in [-0.1, -0.05) is 0 Å². The summed E-state index contributed by atoms with van der Waals surface area (Å²) in [6.07, 6.45) is 0. The van der Waals surface area contributed by atoms with Crippen molar-refractivity contribution in [3.63, 3.8) is 0 Å². The highest BCUT2D eigenvalue weighted by Gasteiger charge is 2.34. The van der Waals surface area contributed by atoms with E-state index in [1.165, 1.54) is 11.8 Å². The smallest absolute Gasteiger partial charge is 0.257 e. The molecule has 1 fully saturated rings. The predicted octanol–water partition coefficient (Wildman–Crippen LogP) is 1.90. The lowest BCUT2D eigenvalue weighted by Gasteiger charge is -2.35. The van der Waals surface area contributed by atoms with Crippen LogP contribution >= 0.6 is 11.8 Å². The molecule has 0 unspecified atom stereocenters. The van der Waals surface area contributed by atoms with Gasteiger partial charge in [-0.3, -0.25) is 9.59 Å². The van der Waals surface area contributed by atoms with Crippen molar-refractivity contribution in [3.8, 4) is 5.75 Å². The van der Waals surface area contributed by atoms with Gasteiger partial charge in [-0.15, -0.1) is 4.40 Å². The number of amidine groups is 1. The quantitative estimate of drug-likeness (QED) is 0.653. The fraction of sp³-hybridized carbons (Fsp3) is 0.318. The zero-order chi connectivity index (χ0) is 23.2. The Kier molecular flexibility index (Phi) is 5.53. The Morgan fingerprint density at radius 1 is 0.909 bits per heavy atom. The first-order chi connectivity index (χ1) is 15.8. The molecule has 33 heavy (non-hydrogen) atoms. The second-order valence-corrected chi connectivity index (χ2v) is 10.7. The molecule has 3 aliphatic rings. The number of piperazine rings is 1. The fourth-order valence-corrected chi connectivity index (χ4v) is 6.37. The van der Waals surface area contributed by atoms with E-state index in [0.717, 1.165) is 10.6 Å². The third kappa shape index (κ3) is 4.18. The lowest BCUT2D eigenvalue weighted by atomic mass is 10.1. The minimum Gasteiger partial charge on any atom is -0.497 e. The molecule has 0 aromatic heterocycles. The number of carbonyl (C=O) groups is 2. The number of hydrogen-bond donors (Lipinski definition) is 0. The summed E-state index contributed by atoms with van der Waals surface area (Å²) in [5, 5.41) is 0.437.